The summed E-state index contributed by atoms with van der Waals surface area (Å²) in [6.07, 6.45) is 3.97. The number of carbonyl (C=O) groups is 1. The Labute approximate surface area is 170 Å². The minimum atomic E-state index is -3.80. The van der Waals surface area contributed by atoms with E-state index in [0.29, 0.717) is 18.7 Å². The van der Waals surface area contributed by atoms with Gasteiger partial charge in [-0.3, -0.25) is 9.69 Å². The number of hydrogen-bond acceptors (Lipinski definition) is 6. The number of anilines is 1. The maximum atomic E-state index is 12.3. The van der Waals surface area contributed by atoms with Crippen molar-refractivity contribution < 1.29 is 13.2 Å². The number of imidazole rings is 1. The Morgan fingerprint density at radius 2 is 2.21 bits per heavy atom. The molecule has 2 aromatic rings. The zero-order valence-corrected chi connectivity index (χ0v) is 17.2. The topological polar surface area (TPSA) is 122 Å². The Hall–Kier alpha value is -1.98. The highest BCUT2D eigenvalue weighted by atomic mass is 35.5. The second-order valence-electron chi connectivity index (χ2n) is 6.52. The minimum Gasteiger partial charge on any atom is -0.337 e. The molecule has 9 nitrogen and oxygen atoms in total. The summed E-state index contributed by atoms with van der Waals surface area (Å²) in [7, 11) is -1.84. The van der Waals surface area contributed by atoms with E-state index in [0.717, 1.165) is 25.5 Å². The number of piperazine rings is 1. The first-order valence-corrected chi connectivity index (χ1v) is 10.2. The van der Waals surface area contributed by atoms with Crippen molar-refractivity contribution in [3.05, 3.63) is 42.5 Å². The van der Waals surface area contributed by atoms with Crippen LogP contribution in [0.4, 0.5) is 5.69 Å². The van der Waals surface area contributed by atoms with Gasteiger partial charge in [-0.2, -0.15) is 0 Å². The number of nitrogens with zero attached hydrogens (tertiary/aromatic N) is 3. The van der Waals surface area contributed by atoms with Crippen molar-refractivity contribution >= 4 is 34.0 Å². The van der Waals surface area contributed by atoms with Crippen LogP contribution in [0, 0.1) is 0 Å². The molecule has 11 heteroatoms. The highest BCUT2D eigenvalue weighted by Crippen LogP contribution is 2.21. The number of aromatic nitrogens is 2. The maximum Gasteiger partial charge on any atom is 0.238 e. The molecule has 1 aliphatic rings. The van der Waals surface area contributed by atoms with Crippen molar-refractivity contribution in [3.8, 4) is 0 Å². The molecule has 2 heterocycles. The smallest absolute Gasteiger partial charge is 0.238 e. The molecular formula is C17H25ClN6O3S. The molecule has 1 aromatic heterocycles. The Morgan fingerprint density at radius 3 is 2.89 bits per heavy atom. The fourth-order valence-electron chi connectivity index (χ4n) is 3.19. The number of nitrogens with one attached hydrogen (secondary N) is 2. The molecule has 1 saturated heterocycles. The fourth-order valence-corrected chi connectivity index (χ4v) is 3.75. The quantitative estimate of drug-likeness (QED) is 0.614. The van der Waals surface area contributed by atoms with Crippen molar-refractivity contribution in [2.45, 2.75) is 17.4 Å². The van der Waals surface area contributed by atoms with E-state index in [9.17, 15) is 13.2 Å². The van der Waals surface area contributed by atoms with E-state index in [1.807, 2.05) is 17.8 Å². The van der Waals surface area contributed by atoms with Gasteiger partial charge >= 0.3 is 0 Å². The van der Waals surface area contributed by atoms with Gasteiger partial charge in [0, 0.05) is 57.7 Å². The van der Waals surface area contributed by atoms with Gasteiger partial charge in [0.1, 0.15) is 5.82 Å². The number of nitrogens with two attached hydrogens (primary N) is 1. The highest BCUT2D eigenvalue weighted by Gasteiger charge is 2.26. The molecule has 1 amide bonds. The molecule has 28 heavy (non-hydrogen) atoms. The van der Waals surface area contributed by atoms with Crippen molar-refractivity contribution in [2.75, 3.05) is 31.5 Å². The van der Waals surface area contributed by atoms with Crippen LogP contribution in [0.1, 0.15) is 18.3 Å². The third-order valence-electron chi connectivity index (χ3n) is 4.58. The summed E-state index contributed by atoms with van der Waals surface area (Å²) >= 11 is 0. The summed E-state index contributed by atoms with van der Waals surface area (Å²) < 4.78 is 24.8. The van der Waals surface area contributed by atoms with Crippen LogP contribution in [0.2, 0.25) is 0 Å². The van der Waals surface area contributed by atoms with Crippen LogP contribution in [0.25, 0.3) is 0 Å². The van der Waals surface area contributed by atoms with Crippen LogP contribution in [0.5, 0.6) is 0 Å². The molecule has 0 aliphatic carbocycles. The minimum absolute atomic E-state index is 0. The van der Waals surface area contributed by atoms with E-state index in [-0.39, 0.29) is 29.3 Å². The molecule has 0 radical (unpaired) electrons. The van der Waals surface area contributed by atoms with Gasteiger partial charge in [-0.25, -0.2) is 18.5 Å². The lowest BCUT2D eigenvalue weighted by Gasteiger charge is -2.35. The predicted octanol–water partition coefficient (Wildman–Crippen LogP) is 0.464. The molecule has 3 rings (SSSR count). The normalized spacial score (nSPS) is 17.7. The van der Waals surface area contributed by atoms with Gasteiger partial charge in [0.05, 0.1) is 10.9 Å². The van der Waals surface area contributed by atoms with Gasteiger partial charge in [-0.05, 0) is 18.2 Å². The number of hydrogen-bond donors (Lipinski definition) is 3. The molecule has 0 spiro atoms. The Kier molecular flexibility index (Phi) is 7.55. The van der Waals surface area contributed by atoms with Gasteiger partial charge in [0.25, 0.3) is 0 Å². The Morgan fingerprint density at radius 1 is 1.43 bits per heavy atom. The summed E-state index contributed by atoms with van der Waals surface area (Å²) in [4.78, 5) is 19.0. The van der Waals surface area contributed by atoms with Crippen LogP contribution in [0.15, 0.2) is 41.6 Å². The van der Waals surface area contributed by atoms with Crippen molar-refractivity contribution in [2.24, 2.45) is 12.2 Å². The lowest BCUT2D eigenvalue weighted by atomic mass is 10.1. The maximum absolute atomic E-state index is 12.3. The number of carbonyl (C=O) groups excluding carboxylic acids is 1. The average Bonchev–Trinajstić information content (AvgIpc) is 3.05. The number of aryl methyl sites for hydroxylation is 1. The average molecular weight is 429 g/mol. The van der Waals surface area contributed by atoms with Crippen LogP contribution in [0.3, 0.4) is 0 Å². The van der Waals surface area contributed by atoms with E-state index >= 15 is 0 Å². The molecule has 154 valence electrons. The second kappa shape index (κ2) is 9.48. The zero-order valence-electron chi connectivity index (χ0n) is 15.5. The summed E-state index contributed by atoms with van der Waals surface area (Å²) in [5.41, 5.74) is 0.410. The van der Waals surface area contributed by atoms with Crippen molar-refractivity contribution in [1.29, 1.82) is 0 Å². The van der Waals surface area contributed by atoms with E-state index in [1.54, 1.807) is 18.3 Å². The molecule has 0 bridgehead atoms. The summed E-state index contributed by atoms with van der Waals surface area (Å²) in [6.45, 7) is 3.05. The fraction of sp³-hybridized carbons (Fsp3) is 0.412. The lowest BCUT2D eigenvalue weighted by Crippen LogP contribution is -2.47. The number of halogens is 1. The van der Waals surface area contributed by atoms with Gasteiger partial charge in [-0.15, -0.1) is 12.4 Å². The Balaban J connectivity index is 0.00000280. The second-order valence-corrected chi connectivity index (χ2v) is 8.08. The number of primary sulfonamides is 1. The predicted molar refractivity (Wildman–Crippen MR) is 109 cm³/mol. The summed E-state index contributed by atoms with van der Waals surface area (Å²) in [6, 6.07) is 6.03. The summed E-state index contributed by atoms with van der Waals surface area (Å²) in [5.74, 6) is 0.780. The number of amides is 1. The molecule has 1 unspecified atom stereocenters. The van der Waals surface area contributed by atoms with E-state index < -0.39 is 10.0 Å². The first-order valence-electron chi connectivity index (χ1n) is 8.69. The monoisotopic (exact) mass is 428 g/mol. The largest absolute Gasteiger partial charge is 0.337 e. The molecule has 1 atom stereocenters. The third-order valence-corrected chi connectivity index (χ3v) is 5.49. The van der Waals surface area contributed by atoms with Gasteiger partial charge in [-0.1, -0.05) is 6.07 Å². The first kappa shape index (κ1) is 22.3. The van der Waals surface area contributed by atoms with Crippen LogP contribution >= 0.6 is 12.4 Å². The molecular weight excluding hydrogens is 404 g/mol. The molecule has 1 fully saturated rings. The van der Waals surface area contributed by atoms with Gasteiger partial charge in [0.15, 0.2) is 0 Å². The van der Waals surface area contributed by atoms with Crippen LogP contribution in [-0.2, 0) is 21.9 Å². The van der Waals surface area contributed by atoms with Crippen LogP contribution in [-0.4, -0.2) is 55.0 Å². The van der Waals surface area contributed by atoms with E-state index in [4.69, 9.17) is 5.14 Å². The van der Waals surface area contributed by atoms with Crippen molar-refractivity contribution in [3.63, 3.8) is 0 Å². The van der Waals surface area contributed by atoms with Crippen LogP contribution < -0.4 is 15.8 Å². The first-order chi connectivity index (χ1) is 12.8. The molecule has 0 saturated carbocycles. The molecule has 1 aromatic carbocycles. The number of sulfonamides is 1. The standard InChI is InChI=1S/C17H24N6O3S.ClH/c1-22-9-7-20-17(22)15-12-19-6-10-23(15)8-5-16(24)21-13-3-2-4-14(11-13)27(18,25)26;/h2-4,7,9,11,15,19H,5-6,8,10,12H2,1H3,(H,21,24)(H2,18,25,26);1H. The SMILES string of the molecule is Cl.Cn1ccnc1C1CNCCN1CCC(=O)Nc1cccc(S(N)(=O)=O)c1. The molecule has 4 N–H and O–H groups in total. The zero-order chi connectivity index (χ0) is 19.4. The van der Waals surface area contributed by atoms with Crippen molar-refractivity contribution in [1.82, 2.24) is 19.8 Å². The summed E-state index contributed by atoms with van der Waals surface area (Å²) in [5, 5.41) is 11.2. The lowest BCUT2D eigenvalue weighted by molar-refractivity contribution is -0.116. The molecule has 1 aliphatic heterocycles. The number of rotatable bonds is 6. The number of benzene rings is 1. The Bertz CT molecular complexity index is 917. The third kappa shape index (κ3) is 5.52. The van der Waals surface area contributed by atoms with Gasteiger partial charge in [0.2, 0.25) is 15.9 Å². The van der Waals surface area contributed by atoms with Gasteiger partial charge < -0.3 is 15.2 Å². The van der Waals surface area contributed by atoms with E-state index in [2.05, 4.69) is 20.5 Å². The van der Waals surface area contributed by atoms with E-state index in [1.165, 1.54) is 12.1 Å². The highest BCUT2D eigenvalue weighted by molar-refractivity contribution is 7.89.